The molecule has 1 aromatic carbocycles. The first kappa shape index (κ1) is 17.9. The lowest BCUT2D eigenvalue weighted by atomic mass is 10.2. The fourth-order valence-electron chi connectivity index (χ4n) is 2.16. The number of thioether (sulfide) groups is 1. The van der Waals surface area contributed by atoms with Crippen LogP contribution >= 0.6 is 11.8 Å². The van der Waals surface area contributed by atoms with E-state index in [9.17, 15) is 9.59 Å². The molecule has 1 heterocycles. The van der Waals surface area contributed by atoms with Crippen LogP contribution in [0.1, 0.15) is 12.0 Å². The smallest absolute Gasteiger partial charge is 0.312 e. The van der Waals surface area contributed by atoms with Gasteiger partial charge in [-0.15, -0.1) is 0 Å². The van der Waals surface area contributed by atoms with Crippen molar-refractivity contribution in [3.05, 3.63) is 48.3 Å². The van der Waals surface area contributed by atoms with Crippen molar-refractivity contribution in [3.63, 3.8) is 0 Å². The highest BCUT2D eigenvalue weighted by Gasteiger charge is 2.19. The van der Waals surface area contributed by atoms with E-state index in [2.05, 4.69) is 15.7 Å². The van der Waals surface area contributed by atoms with Crippen LogP contribution < -0.4 is 16.4 Å². The number of carbonyl (C=O) groups excluding carboxylic acids is 2. The summed E-state index contributed by atoms with van der Waals surface area (Å²) in [7, 11) is 0. The Kier molecular flexibility index (Phi) is 6.68. The lowest BCUT2D eigenvalue weighted by Crippen LogP contribution is -2.48. The zero-order valence-corrected chi connectivity index (χ0v) is 14.3. The molecule has 8 heteroatoms. The summed E-state index contributed by atoms with van der Waals surface area (Å²) in [5, 5.41) is 9.56. The maximum atomic E-state index is 12.2. The van der Waals surface area contributed by atoms with Gasteiger partial charge in [0.1, 0.15) is 6.04 Å². The number of hydrogen-bond donors (Lipinski definition) is 3. The topological polar surface area (TPSA) is 102 Å². The van der Waals surface area contributed by atoms with Gasteiger partial charge in [0.25, 0.3) is 0 Å². The summed E-state index contributed by atoms with van der Waals surface area (Å²) in [6, 6.07) is 8.38. The molecule has 0 saturated heterocycles. The number of para-hydroxylation sites is 1. The molecule has 0 aliphatic carbocycles. The van der Waals surface area contributed by atoms with Crippen molar-refractivity contribution in [1.82, 2.24) is 20.4 Å². The van der Waals surface area contributed by atoms with E-state index in [1.54, 1.807) is 22.6 Å². The van der Waals surface area contributed by atoms with Crippen LogP contribution in [-0.4, -0.2) is 39.8 Å². The summed E-state index contributed by atoms with van der Waals surface area (Å²) >= 11 is 1.60. The maximum Gasteiger partial charge on any atom is 0.312 e. The van der Waals surface area contributed by atoms with E-state index in [1.165, 1.54) is 0 Å². The van der Waals surface area contributed by atoms with Gasteiger partial charge in [-0.3, -0.25) is 4.79 Å². The molecule has 0 aliphatic heterocycles. The quantitative estimate of drug-likeness (QED) is 0.669. The van der Waals surface area contributed by atoms with Gasteiger partial charge in [-0.1, -0.05) is 18.2 Å². The summed E-state index contributed by atoms with van der Waals surface area (Å²) in [5.74, 6) is 0.500. The van der Waals surface area contributed by atoms with Crippen molar-refractivity contribution < 1.29 is 9.59 Å². The Hall–Kier alpha value is -2.48. The molecule has 4 N–H and O–H groups in total. The van der Waals surface area contributed by atoms with Crippen molar-refractivity contribution in [3.8, 4) is 5.69 Å². The van der Waals surface area contributed by atoms with Gasteiger partial charge in [-0.05, 0) is 30.6 Å². The number of carbonyl (C=O) groups is 2. The highest BCUT2D eigenvalue weighted by Crippen LogP contribution is 2.08. The average molecular weight is 347 g/mol. The molecule has 0 bridgehead atoms. The van der Waals surface area contributed by atoms with Crippen LogP contribution in [0, 0.1) is 0 Å². The second-order valence-electron chi connectivity index (χ2n) is 5.19. The second-order valence-corrected chi connectivity index (χ2v) is 6.17. The minimum Gasteiger partial charge on any atom is -0.352 e. The Balaban J connectivity index is 1.92. The summed E-state index contributed by atoms with van der Waals surface area (Å²) in [6.45, 7) is 0.335. The van der Waals surface area contributed by atoms with Crippen molar-refractivity contribution in [2.45, 2.75) is 19.0 Å². The fourth-order valence-corrected chi connectivity index (χ4v) is 2.63. The maximum absolute atomic E-state index is 12.2. The fraction of sp³-hybridized carbons (Fsp3) is 0.312. The van der Waals surface area contributed by atoms with Crippen LogP contribution in [0.3, 0.4) is 0 Å². The largest absolute Gasteiger partial charge is 0.352 e. The zero-order chi connectivity index (χ0) is 17.4. The molecule has 0 unspecified atom stereocenters. The number of nitrogens with one attached hydrogen (secondary N) is 2. The van der Waals surface area contributed by atoms with E-state index in [-0.39, 0.29) is 5.91 Å². The Labute approximate surface area is 145 Å². The first-order valence-corrected chi connectivity index (χ1v) is 8.91. The van der Waals surface area contributed by atoms with Gasteiger partial charge in [-0.2, -0.15) is 16.9 Å². The number of nitrogens with two attached hydrogens (primary N) is 1. The summed E-state index contributed by atoms with van der Waals surface area (Å²) in [6.07, 6.45) is 6.02. The van der Waals surface area contributed by atoms with Crippen molar-refractivity contribution >= 4 is 23.7 Å². The molecule has 2 rings (SSSR count). The van der Waals surface area contributed by atoms with Gasteiger partial charge in [-0.25, -0.2) is 9.48 Å². The van der Waals surface area contributed by atoms with Gasteiger partial charge in [0.05, 0.1) is 11.9 Å². The standard InChI is InChI=1S/C16H21N5O2S/c1-24-8-7-14(20-16(17)23)15(22)18-9-12-10-19-21(11-12)13-5-3-2-4-6-13/h2-6,10-11,14H,7-9H2,1H3,(H,18,22)(H3,17,20,23)/t14-/m1/s1. The highest BCUT2D eigenvalue weighted by molar-refractivity contribution is 7.98. The number of rotatable bonds is 8. The van der Waals surface area contributed by atoms with E-state index in [0.717, 1.165) is 17.0 Å². The van der Waals surface area contributed by atoms with Crippen LogP contribution in [0.4, 0.5) is 4.79 Å². The third-order valence-corrected chi connectivity index (χ3v) is 4.01. The molecule has 24 heavy (non-hydrogen) atoms. The monoisotopic (exact) mass is 347 g/mol. The SMILES string of the molecule is CSCC[C@@H](NC(N)=O)C(=O)NCc1cnn(-c2ccccc2)c1. The number of urea groups is 1. The molecule has 7 nitrogen and oxygen atoms in total. The third kappa shape index (κ3) is 5.31. The van der Waals surface area contributed by atoms with Crippen molar-refractivity contribution in [2.75, 3.05) is 12.0 Å². The second kappa shape index (κ2) is 8.97. The van der Waals surface area contributed by atoms with Crippen molar-refractivity contribution in [2.24, 2.45) is 5.73 Å². The number of primary amides is 1. The first-order valence-electron chi connectivity index (χ1n) is 7.51. The molecular formula is C16H21N5O2S. The predicted octanol–water partition coefficient (Wildman–Crippen LogP) is 1.28. The van der Waals surface area contributed by atoms with Gasteiger partial charge in [0.15, 0.2) is 0 Å². The molecule has 0 radical (unpaired) electrons. The molecule has 3 amide bonds. The molecule has 1 aromatic heterocycles. The molecular weight excluding hydrogens is 326 g/mol. The number of aromatic nitrogens is 2. The Morgan fingerprint density at radius 3 is 2.75 bits per heavy atom. The minimum absolute atomic E-state index is 0.254. The van der Waals surface area contributed by atoms with Crippen LogP contribution in [0.2, 0.25) is 0 Å². The highest BCUT2D eigenvalue weighted by atomic mass is 32.2. The number of amides is 3. The summed E-state index contributed by atoms with van der Waals surface area (Å²) < 4.78 is 1.74. The van der Waals surface area contributed by atoms with Crippen molar-refractivity contribution in [1.29, 1.82) is 0 Å². The molecule has 1 atom stereocenters. The zero-order valence-electron chi connectivity index (χ0n) is 13.4. The van der Waals surface area contributed by atoms with Crippen LogP contribution in [0.25, 0.3) is 5.69 Å². The molecule has 0 saturated carbocycles. The van der Waals surface area contributed by atoms with Gasteiger partial charge < -0.3 is 16.4 Å². The van der Waals surface area contributed by atoms with E-state index in [1.807, 2.05) is 42.8 Å². The van der Waals surface area contributed by atoms with E-state index in [4.69, 9.17) is 5.73 Å². The lowest BCUT2D eigenvalue weighted by molar-refractivity contribution is -0.123. The molecule has 2 aromatic rings. The van der Waals surface area contributed by atoms with Crippen LogP contribution in [-0.2, 0) is 11.3 Å². The van der Waals surface area contributed by atoms with Crippen LogP contribution in [0.5, 0.6) is 0 Å². The minimum atomic E-state index is -0.701. The Morgan fingerprint density at radius 2 is 2.08 bits per heavy atom. The third-order valence-electron chi connectivity index (χ3n) is 3.37. The normalized spacial score (nSPS) is 11.7. The van der Waals surface area contributed by atoms with E-state index < -0.39 is 12.1 Å². The first-order chi connectivity index (χ1) is 11.6. The Morgan fingerprint density at radius 1 is 1.33 bits per heavy atom. The average Bonchev–Trinajstić information content (AvgIpc) is 3.06. The molecule has 0 aliphatic rings. The predicted molar refractivity (Wildman–Crippen MR) is 94.9 cm³/mol. The molecule has 0 spiro atoms. The number of nitrogens with zero attached hydrogens (tertiary/aromatic N) is 2. The molecule has 128 valence electrons. The lowest BCUT2D eigenvalue weighted by Gasteiger charge is -2.16. The number of benzene rings is 1. The van der Waals surface area contributed by atoms with E-state index in [0.29, 0.717) is 13.0 Å². The summed E-state index contributed by atoms with van der Waals surface area (Å²) in [5.41, 5.74) is 6.95. The van der Waals surface area contributed by atoms with Crippen LogP contribution in [0.15, 0.2) is 42.7 Å². The molecule has 0 fully saturated rings. The summed E-state index contributed by atoms with van der Waals surface area (Å²) in [4.78, 5) is 23.2. The van der Waals surface area contributed by atoms with Gasteiger partial charge in [0.2, 0.25) is 5.91 Å². The van der Waals surface area contributed by atoms with Gasteiger partial charge >= 0.3 is 6.03 Å². The van der Waals surface area contributed by atoms with Gasteiger partial charge in [0, 0.05) is 18.3 Å². The van der Waals surface area contributed by atoms with E-state index >= 15 is 0 Å². The number of hydrogen-bond acceptors (Lipinski definition) is 4. The Bertz CT molecular complexity index is 674.